The summed E-state index contributed by atoms with van der Waals surface area (Å²) < 4.78 is 19.9. The summed E-state index contributed by atoms with van der Waals surface area (Å²) in [5, 5.41) is 2.97. The van der Waals surface area contributed by atoms with Crippen LogP contribution in [0.1, 0.15) is 51.7 Å². The van der Waals surface area contributed by atoms with E-state index < -0.39 is 6.04 Å². The van der Waals surface area contributed by atoms with Gasteiger partial charge in [0.25, 0.3) is 5.91 Å². The van der Waals surface area contributed by atoms with E-state index in [0.717, 1.165) is 28.4 Å². The molecule has 2 rings (SSSR count). The maximum absolute atomic E-state index is 13.3. The number of carbonyl (C=O) groups excluding carboxylic acids is 2. The average molecular weight is 507 g/mol. The highest BCUT2D eigenvalue weighted by Gasteiger charge is 2.29. The van der Waals surface area contributed by atoms with Crippen molar-refractivity contribution in [1.82, 2.24) is 10.2 Å². The summed E-state index contributed by atoms with van der Waals surface area (Å²) in [6.45, 7) is 7.82. The fourth-order valence-electron chi connectivity index (χ4n) is 3.25. The Balaban J connectivity index is 2.22. The van der Waals surface area contributed by atoms with Crippen molar-refractivity contribution in [3.8, 4) is 5.75 Å². The van der Waals surface area contributed by atoms with Crippen LogP contribution in [0.15, 0.2) is 46.9 Å². The number of halogens is 2. The Morgan fingerprint density at radius 2 is 1.72 bits per heavy atom. The van der Waals surface area contributed by atoms with Gasteiger partial charge in [0.2, 0.25) is 5.91 Å². The monoisotopic (exact) mass is 506 g/mol. The fraction of sp³-hybridized carbons (Fsp3) is 0.440. The number of aryl methyl sites for hydroxylation is 1. The van der Waals surface area contributed by atoms with Crippen LogP contribution in [-0.4, -0.2) is 35.4 Å². The van der Waals surface area contributed by atoms with Gasteiger partial charge in [-0.2, -0.15) is 0 Å². The van der Waals surface area contributed by atoms with Crippen molar-refractivity contribution < 1.29 is 18.7 Å². The Hall–Kier alpha value is -2.41. The quantitative estimate of drug-likeness (QED) is 0.452. The van der Waals surface area contributed by atoms with Gasteiger partial charge in [-0.25, -0.2) is 4.39 Å². The van der Waals surface area contributed by atoms with Crippen LogP contribution >= 0.6 is 15.9 Å². The largest absolute Gasteiger partial charge is 0.483 e. The van der Waals surface area contributed by atoms with Crippen molar-refractivity contribution in [3.05, 3.63) is 63.9 Å². The van der Waals surface area contributed by atoms with Crippen molar-refractivity contribution in [2.75, 3.05) is 6.61 Å². The van der Waals surface area contributed by atoms with Crippen LogP contribution in [0.5, 0.6) is 5.75 Å². The molecule has 7 heteroatoms. The van der Waals surface area contributed by atoms with E-state index in [0.29, 0.717) is 12.2 Å². The normalized spacial score (nSPS) is 12.7. The topological polar surface area (TPSA) is 58.6 Å². The number of hydrogen-bond acceptors (Lipinski definition) is 3. The number of rotatable bonds is 11. The first-order valence-corrected chi connectivity index (χ1v) is 11.8. The van der Waals surface area contributed by atoms with Crippen LogP contribution in [0.3, 0.4) is 0 Å². The van der Waals surface area contributed by atoms with Crippen molar-refractivity contribution in [2.24, 2.45) is 0 Å². The van der Waals surface area contributed by atoms with Gasteiger partial charge in [0.05, 0.1) is 4.47 Å². The average Bonchev–Trinajstić information content (AvgIpc) is 2.78. The molecule has 0 aliphatic rings. The minimum atomic E-state index is -0.656. The van der Waals surface area contributed by atoms with Gasteiger partial charge in [-0.05, 0) is 77.5 Å². The predicted molar refractivity (Wildman–Crippen MR) is 128 cm³/mol. The number of ether oxygens (including phenoxy) is 1. The summed E-state index contributed by atoms with van der Waals surface area (Å²) in [5.74, 6) is -0.302. The summed E-state index contributed by atoms with van der Waals surface area (Å²) >= 11 is 3.49. The molecule has 0 bridgehead atoms. The molecule has 0 unspecified atom stereocenters. The maximum Gasteiger partial charge on any atom is 0.261 e. The Bertz CT molecular complexity index is 905. The predicted octanol–water partition coefficient (Wildman–Crippen LogP) is 5.25. The zero-order chi connectivity index (χ0) is 23.7. The minimum Gasteiger partial charge on any atom is -0.483 e. The summed E-state index contributed by atoms with van der Waals surface area (Å²) in [5.41, 5.74) is 1.89. The molecule has 5 nitrogen and oxygen atoms in total. The van der Waals surface area contributed by atoms with Crippen LogP contribution in [-0.2, 0) is 22.6 Å². The molecule has 0 saturated heterocycles. The standard InChI is InChI=1S/C25H32BrFN2O3/c1-5-17(4)28-25(31)22(7-3)29(15-19-8-11-20(27)12-9-19)24(30)16-32-23-13-10-18(6-2)14-21(23)26/h8-14,17,22H,5-7,15-16H2,1-4H3,(H,28,31)/t17-,22+/m0/s1. The number of amides is 2. The first-order valence-electron chi connectivity index (χ1n) is 11.0. The van der Waals surface area contributed by atoms with E-state index in [2.05, 4.69) is 28.2 Å². The number of nitrogens with zero attached hydrogens (tertiary/aromatic N) is 1. The van der Waals surface area contributed by atoms with Gasteiger partial charge in [-0.3, -0.25) is 9.59 Å². The minimum absolute atomic E-state index is 0.00334. The van der Waals surface area contributed by atoms with Crippen molar-refractivity contribution in [2.45, 2.75) is 65.6 Å². The molecule has 2 aromatic rings. The molecule has 0 fully saturated rings. The van der Waals surface area contributed by atoms with Crippen molar-refractivity contribution >= 4 is 27.7 Å². The molecule has 32 heavy (non-hydrogen) atoms. The lowest BCUT2D eigenvalue weighted by Crippen LogP contribution is -2.51. The van der Waals surface area contributed by atoms with Gasteiger partial charge < -0.3 is 15.0 Å². The summed E-state index contributed by atoms with van der Waals surface area (Å²) in [6, 6.07) is 11.0. The fourth-order valence-corrected chi connectivity index (χ4v) is 3.79. The third kappa shape index (κ3) is 7.33. The Morgan fingerprint density at radius 1 is 1.06 bits per heavy atom. The first kappa shape index (κ1) is 25.8. The molecule has 2 aromatic carbocycles. The van der Waals surface area contributed by atoms with Crippen molar-refractivity contribution in [1.29, 1.82) is 0 Å². The van der Waals surface area contributed by atoms with Gasteiger partial charge in [-0.1, -0.05) is 39.0 Å². The van der Waals surface area contributed by atoms with Crippen molar-refractivity contribution in [3.63, 3.8) is 0 Å². The molecular formula is C25H32BrFN2O3. The lowest BCUT2D eigenvalue weighted by molar-refractivity contribution is -0.143. The molecule has 0 spiro atoms. The maximum atomic E-state index is 13.3. The van der Waals surface area contributed by atoms with Gasteiger partial charge >= 0.3 is 0 Å². The van der Waals surface area contributed by atoms with Crippen LogP contribution in [0.2, 0.25) is 0 Å². The number of benzene rings is 2. The second-order valence-corrected chi connectivity index (χ2v) is 8.65. The second-order valence-electron chi connectivity index (χ2n) is 7.80. The first-order chi connectivity index (χ1) is 15.3. The van der Waals surface area contributed by atoms with Gasteiger partial charge in [0.1, 0.15) is 17.6 Å². The molecule has 0 saturated carbocycles. The SMILES string of the molecule is CCc1ccc(OCC(=O)N(Cc2ccc(F)cc2)[C@H](CC)C(=O)N[C@@H](C)CC)c(Br)c1. The highest BCUT2D eigenvalue weighted by Crippen LogP contribution is 2.26. The third-order valence-corrected chi connectivity index (χ3v) is 6.03. The molecule has 2 atom stereocenters. The molecule has 0 heterocycles. The second kappa shape index (κ2) is 12.6. The number of hydrogen-bond donors (Lipinski definition) is 1. The molecule has 1 N–H and O–H groups in total. The molecule has 174 valence electrons. The van der Waals surface area contributed by atoms with E-state index in [9.17, 15) is 14.0 Å². The zero-order valence-corrected chi connectivity index (χ0v) is 20.7. The van der Waals surface area contributed by atoms with Crippen LogP contribution in [0, 0.1) is 5.82 Å². The highest BCUT2D eigenvalue weighted by atomic mass is 79.9. The smallest absolute Gasteiger partial charge is 0.261 e. The summed E-state index contributed by atoms with van der Waals surface area (Å²) in [7, 11) is 0. The summed E-state index contributed by atoms with van der Waals surface area (Å²) in [4.78, 5) is 27.6. The number of carbonyl (C=O) groups is 2. The van der Waals surface area contributed by atoms with E-state index >= 15 is 0 Å². The summed E-state index contributed by atoms with van der Waals surface area (Å²) in [6.07, 6.45) is 2.13. The molecular weight excluding hydrogens is 475 g/mol. The third-order valence-electron chi connectivity index (χ3n) is 5.41. The molecule has 0 radical (unpaired) electrons. The van der Waals surface area contributed by atoms with E-state index in [4.69, 9.17) is 4.74 Å². The van der Waals surface area contributed by atoms with E-state index in [1.807, 2.05) is 39.0 Å². The van der Waals surface area contributed by atoms with E-state index in [-0.39, 0.29) is 36.8 Å². The van der Waals surface area contributed by atoms with E-state index in [1.165, 1.54) is 17.0 Å². The van der Waals surface area contributed by atoms with Crippen LogP contribution in [0.4, 0.5) is 4.39 Å². The number of nitrogens with one attached hydrogen (secondary N) is 1. The van der Waals surface area contributed by atoms with Gasteiger partial charge in [0, 0.05) is 12.6 Å². The molecule has 2 amide bonds. The van der Waals surface area contributed by atoms with Crippen LogP contribution in [0.25, 0.3) is 0 Å². The Morgan fingerprint density at radius 3 is 2.28 bits per heavy atom. The lowest BCUT2D eigenvalue weighted by Gasteiger charge is -2.31. The Labute approximate surface area is 198 Å². The zero-order valence-electron chi connectivity index (χ0n) is 19.2. The Kier molecular flexibility index (Phi) is 10.2. The van der Waals surface area contributed by atoms with Crippen LogP contribution < -0.4 is 10.1 Å². The highest BCUT2D eigenvalue weighted by molar-refractivity contribution is 9.10. The molecule has 0 aromatic heterocycles. The lowest BCUT2D eigenvalue weighted by atomic mass is 10.1. The van der Waals surface area contributed by atoms with E-state index in [1.54, 1.807) is 12.1 Å². The molecule has 0 aliphatic heterocycles. The van der Waals surface area contributed by atoms with Gasteiger partial charge in [0.15, 0.2) is 6.61 Å². The molecule has 0 aliphatic carbocycles. The van der Waals surface area contributed by atoms with Gasteiger partial charge in [-0.15, -0.1) is 0 Å².